The number of hydrogen-bond acceptors (Lipinski definition) is 2. The highest BCUT2D eigenvalue weighted by Gasteiger charge is 2.29. The molecule has 1 aliphatic heterocycles. The molecular weight excluding hydrogens is 466 g/mol. The molecule has 0 amide bonds. The highest BCUT2D eigenvalue weighted by atomic mass is 19.2. The highest BCUT2D eigenvalue weighted by Crippen LogP contribution is 2.39. The molecule has 1 saturated carbocycles. The molecule has 1 saturated heterocycles. The zero-order valence-electron chi connectivity index (χ0n) is 23.0. The topological polar surface area (TPSA) is 18.5 Å². The van der Waals surface area contributed by atoms with E-state index >= 15 is 0 Å². The summed E-state index contributed by atoms with van der Waals surface area (Å²) < 4.78 is 41.1. The van der Waals surface area contributed by atoms with E-state index in [1.165, 1.54) is 68.9 Å². The average Bonchev–Trinajstić information content (AvgIpc) is 2.94. The zero-order chi connectivity index (χ0) is 26.0. The van der Waals surface area contributed by atoms with Gasteiger partial charge in [-0.2, -0.15) is 0 Å². The van der Waals surface area contributed by atoms with Crippen LogP contribution in [0.15, 0.2) is 36.4 Å². The first kappa shape index (κ1) is 28.2. The van der Waals surface area contributed by atoms with E-state index in [2.05, 4.69) is 38.1 Å². The van der Waals surface area contributed by atoms with Gasteiger partial charge in [-0.3, -0.25) is 0 Å². The highest BCUT2D eigenvalue weighted by molar-refractivity contribution is 5.30. The molecule has 0 N–H and O–H groups in total. The molecule has 0 unspecified atom stereocenters. The molecule has 2 fully saturated rings. The molecule has 1 heterocycles. The van der Waals surface area contributed by atoms with Crippen molar-refractivity contribution in [1.29, 1.82) is 0 Å². The molecule has 0 bridgehead atoms. The van der Waals surface area contributed by atoms with Gasteiger partial charge in [0.05, 0.1) is 13.2 Å². The number of halogens is 2. The summed E-state index contributed by atoms with van der Waals surface area (Å²) in [4.78, 5) is 0. The fraction of sp³-hybridized carbons (Fsp3) is 0.636. The largest absolute Gasteiger partial charge is 0.348 e. The van der Waals surface area contributed by atoms with Crippen molar-refractivity contribution in [1.82, 2.24) is 0 Å². The minimum Gasteiger partial charge on any atom is -0.348 e. The van der Waals surface area contributed by atoms with Crippen LogP contribution in [-0.2, 0) is 15.9 Å². The van der Waals surface area contributed by atoms with E-state index in [9.17, 15) is 8.78 Å². The molecule has 2 nitrogen and oxygen atoms in total. The molecule has 2 aromatic rings. The molecule has 0 atom stereocenters. The van der Waals surface area contributed by atoms with Crippen LogP contribution >= 0.6 is 0 Å². The lowest BCUT2D eigenvalue weighted by molar-refractivity contribution is -0.193. The maximum absolute atomic E-state index is 14.8. The van der Waals surface area contributed by atoms with Crippen molar-refractivity contribution in [2.45, 2.75) is 115 Å². The van der Waals surface area contributed by atoms with Crippen LogP contribution in [0.2, 0.25) is 0 Å². The van der Waals surface area contributed by atoms with Gasteiger partial charge < -0.3 is 9.47 Å². The van der Waals surface area contributed by atoms with Gasteiger partial charge in [-0.1, -0.05) is 95.2 Å². The fourth-order valence-electron chi connectivity index (χ4n) is 6.10. The van der Waals surface area contributed by atoms with E-state index in [4.69, 9.17) is 9.47 Å². The molecule has 0 radical (unpaired) electrons. The van der Waals surface area contributed by atoms with Crippen molar-refractivity contribution in [3.05, 3.63) is 70.3 Å². The summed E-state index contributed by atoms with van der Waals surface area (Å²) in [5.74, 6) is 0.103. The zero-order valence-corrected chi connectivity index (χ0v) is 23.0. The molecular formula is C33H46F2O2. The van der Waals surface area contributed by atoms with Crippen molar-refractivity contribution in [3.8, 4) is 0 Å². The third kappa shape index (κ3) is 7.63. The standard InChI is InChI=1S/C33H46F2O2/c1-3-5-7-9-10-24-12-14-25(15-13-24)26-16-18-27(19-17-26)29-22-36-33(37-23-29)30-21-20-28(11-8-6-4-2)31(34)32(30)35/h16-21,24-25,29,33H,3-15,22-23H2,1-2H3. The molecule has 1 aliphatic carbocycles. The van der Waals surface area contributed by atoms with Gasteiger partial charge in [0.15, 0.2) is 17.9 Å². The Labute approximate surface area is 223 Å². The van der Waals surface area contributed by atoms with Gasteiger partial charge in [-0.15, -0.1) is 0 Å². The van der Waals surface area contributed by atoms with Gasteiger partial charge >= 0.3 is 0 Å². The minimum absolute atomic E-state index is 0.102. The van der Waals surface area contributed by atoms with Gasteiger partial charge in [-0.25, -0.2) is 8.78 Å². The second kappa shape index (κ2) is 14.4. The maximum Gasteiger partial charge on any atom is 0.186 e. The number of hydrogen-bond donors (Lipinski definition) is 0. The van der Waals surface area contributed by atoms with E-state index in [1.807, 2.05) is 0 Å². The lowest BCUT2D eigenvalue weighted by atomic mass is 9.77. The lowest BCUT2D eigenvalue weighted by Crippen LogP contribution is -2.26. The number of benzene rings is 2. The molecule has 4 heteroatoms. The molecule has 2 aliphatic rings. The Hall–Kier alpha value is -1.78. The van der Waals surface area contributed by atoms with E-state index < -0.39 is 17.9 Å². The van der Waals surface area contributed by atoms with Crippen molar-refractivity contribution < 1.29 is 18.3 Å². The summed E-state index contributed by atoms with van der Waals surface area (Å²) in [7, 11) is 0. The lowest BCUT2D eigenvalue weighted by Gasteiger charge is -2.31. The van der Waals surface area contributed by atoms with Crippen LogP contribution in [-0.4, -0.2) is 13.2 Å². The Balaban J connectivity index is 1.25. The van der Waals surface area contributed by atoms with Gasteiger partial charge in [0.2, 0.25) is 0 Å². The molecule has 37 heavy (non-hydrogen) atoms. The van der Waals surface area contributed by atoms with Gasteiger partial charge in [-0.05, 0) is 67.1 Å². The van der Waals surface area contributed by atoms with Crippen LogP contribution in [0.4, 0.5) is 8.78 Å². The monoisotopic (exact) mass is 512 g/mol. The van der Waals surface area contributed by atoms with Crippen molar-refractivity contribution in [2.24, 2.45) is 5.92 Å². The van der Waals surface area contributed by atoms with E-state index in [-0.39, 0.29) is 11.5 Å². The smallest absolute Gasteiger partial charge is 0.186 e. The Morgan fingerprint density at radius 1 is 0.676 bits per heavy atom. The summed E-state index contributed by atoms with van der Waals surface area (Å²) in [6.45, 7) is 5.25. The summed E-state index contributed by atoms with van der Waals surface area (Å²) in [6.07, 6.45) is 14.9. The third-order valence-electron chi connectivity index (χ3n) is 8.59. The molecule has 0 spiro atoms. The predicted molar refractivity (Wildman–Crippen MR) is 147 cm³/mol. The van der Waals surface area contributed by atoms with Crippen LogP contribution in [0.1, 0.15) is 131 Å². The third-order valence-corrected chi connectivity index (χ3v) is 8.59. The van der Waals surface area contributed by atoms with Gasteiger partial charge in [0, 0.05) is 11.5 Å². The normalized spacial score (nSPS) is 24.3. The molecule has 2 aromatic carbocycles. The molecule has 0 aromatic heterocycles. The number of unbranched alkanes of at least 4 members (excludes halogenated alkanes) is 5. The predicted octanol–water partition coefficient (Wildman–Crippen LogP) is 9.77. The van der Waals surface area contributed by atoms with Crippen molar-refractivity contribution in [3.63, 3.8) is 0 Å². The summed E-state index contributed by atoms with van der Waals surface area (Å²) in [6, 6.07) is 12.3. The number of aryl methyl sites for hydroxylation is 1. The summed E-state index contributed by atoms with van der Waals surface area (Å²) >= 11 is 0. The van der Waals surface area contributed by atoms with E-state index in [0.717, 1.165) is 25.2 Å². The van der Waals surface area contributed by atoms with Gasteiger partial charge in [0.1, 0.15) is 0 Å². The first-order valence-electron chi connectivity index (χ1n) is 14.9. The van der Waals surface area contributed by atoms with E-state index in [1.54, 1.807) is 12.1 Å². The first-order valence-corrected chi connectivity index (χ1v) is 14.9. The van der Waals surface area contributed by atoms with Gasteiger partial charge in [0.25, 0.3) is 0 Å². The summed E-state index contributed by atoms with van der Waals surface area (Å²) in [5.41, 5.74) is 3.22. The first-order chi connectivity index (χ1) is 18.1. The van der Waals surface area contributed by atoms with Crippen LogP contribution in [0.3, 0.4) is 0 Å². The van der Waals surface area contributed by atoms with E-state index in [0.29, 0.717) is 31.1 Å². The second-order valence-electron chi connectivity index (χ2n) is 11.3. The summed E-state index contributed by atoms with van der Waals surface area (Å²) in [5, 5.41) is 0. The van der Waals surface area contributed by atoms with Crippen LogP contribution < -0.4 is 0 Å². The Bertz CT molecular complexity index is 942. The minimum atomic E-state index is -0.855. The SMILES string of the molecule is CCCCCCC1CCC(c2ccc(C3COC(c4ccc(CCCCC)c(F)c4F)OC3)cc2)CC1. The molecule has 4 rings (SSSR count). The maximum atomic E-state index is 14.8. The Morgan fingerprint density at radius 2 is 1.30 bits per heavy atom. The average molecular weight is 513 g/mol. The second-order valence-corrected chi connectivity index (χ2v) is 11.3. The number of rotatable bonds is 12. The van der Waals surface area contributed by atoms with Crippen molar-refractivity contribution in [2.75, 3.05) is 13.2 Å². The molecule has 204 valence electrons. The Kier molecular flexibility index (Phi) is 11.0. The number of ether oxygens (including phenoxy) is 2. The van der Waals surface area contributed by atoms with Crippen molar-refractivity contribution >= 4 is 0 Å². The van der Waals surface area contributed by atoms with Crippen LogP contribution in [0.5, 0.6) is 0 Å². The Morgan fingerprint density at radius 3 is 1.95 bits per heavy atom. The fourth-order valence-corrected chi connectivity index (χ4v) is 6.10. The van der Waals surface area contributed by atoms with Crippen LogP contribution in [0.25, 0.3) is 0 Å². The van der Waals surface area contributed by atoms with Crippen LogP contribution in [0, 0.1) is 17.6 Å². The quantitative estimate of drug-likeness (QED) is 0.264.